The molecule has 0 aliphatic rings. The highest BCUT2D eigenvalue weighted by molar-refractivity contribution is 14.0. The van der Waals surface area contributed by atoms with Crippen LogP contribution >= 0.6 is 24.0 Å². The Morgan fingerprint density at radius 2 is 1.85 bits per heavy atom. The summed E-state index contributed by atoms with van der Waals surface area (Å²) in [7, 11) is 5.00. The van der Waals surface area contributed by atoms with Gasteiger partial charge in [-0.3, -0.25) is 4.79 Å². The topological polar surface area (TPSA) is 89.2 Å². The molecule has 0 saturated carbocycles. The third-order valence-electron chi connectivity index (χ3n) is 3.55. The largest absolute Gasteiger partial charge is 0.497 e. The Labute approximate surface area is 176 Å². The van der Waals surface area contributed by atoms with Crippen molar-refractivity contribution < 1.29 is 14.3 Å². The molecule has 8 heteroatoms. The molecule has 0 atom stereocenters. The first-order valence-corrected chi connectivity index (χ1v) is 8.11. The maximum atomic E-state index is 11.6. The number of methoxy groups -OCH3 is 1. The van der Waals surface area contributed by atoms with E-state index in [1.54, 1.807) is 27.3 Å². The van der Waals surface area contributed by atoms with Crippen LogP contribution in [0.2, 0.25) is 0 Å². The van der Waals surface area contributed by atoms with Crippen LogP contribution in [0.15, 0.2) is 53.5 Å². The molecule has 2 aromatic rings. The van der Waals surface area contributed by atoms with Gasteiger partial charge in [0, 0.05) is 19.8 Å². The molecule has 0 heterocycles. The van der Waals surface area contributed by atoms with Crippen LogP contribution in [0.3, 0.4) is 0 Å². The summed E-state index contributed by atoms with van der Waals surface area (Å²) >= 11 is 0. The molecule has 0 saturated heterocycles. The Bertz CT molecular complexity index is 764. The summed E-state index contributed by atoms with van der Waals surface area (Å²) in [4.78, 5) is 17.4. The molecule has 0 radical (unpaired) electrons. The highest BCUT2D eigenvalue weighted by atomic mass is 127. The summed E-state index contributed by atoms with van der Waals surface area (Å²) in [6.45, 7) is 0.398. The third-order valence-corrected chi connectivity index (χ3v) is 3.55. The van der Waals surface area contributed by atoms with Crippen LogP contribution in [0.4, 0.5) is 5.69 Å². The monoisotopic (exact) mass is 484 g/mol. The Balaban J connectivity index is 0.00000364. The summed E-state index contributed by atoms with van der Waals surface area (Å²) in [5.41, 5.74) is 7.68. The minimum Gasteiger partial charge on any atom is -0.497 e. The number of carbonyl (C=O) groups is 1. The molecule has 0 unspecified atom stereocenters. The number of anilines is 1. The number of rotatable bonds is 7. The van der Waals surface area contributed by atoms with E-state index in [1.807, 2.05) is 42.5 Å². The fraction of sp³-hybridized carbons (Fsp3) is 0.263. The number of amides is 1. The molecule has 27 heavy (non-hydrogen) atoms. The number of nitrogens with zero attached hydrogens (tertiary/aromatic N) is 2. The number of ether oxygens (including phenoxy) is 2. The molecule has 0 aromatic heterocycles. The molecule has 1 amide bonds. The number of carbonyl (C=O) groups excluding carboxylic acids is 1. The van der Waals surface area contributed by atoms with Gasteiger partial charge in [-0.2, -0.15) is 0 Å². The second-order valence-electron chi connectivity index (χ2n) is 5.78. The smallest absolute Gasteiger partial charge is 0.259 e. The van der Waals surface area contributed by atoms with Crippen molar-refractivity contribution in [3.05, 3.63) is 54.1 Å². The normalized spacial score (nSPS) is 10.6. The van der Waals surface area contributed by atoms with E-state index in [0.717, 1.165) is 17.0 Å². The molecule has 0 aliphatic carbocycles. The van der Waals surface area contributed by atoms with E-state index in [-0.39, 0.29) is 36.5 Å². The van der Waals surface area contributed by atoms with E-state index in [1.165, 1.54) is 4.90 Å². The first-order chi connectivity index (χ1) is 12.5. The average molecular weight is 484 g/mol. The van der Waals surface area contributed by atoms with Crippen molar-refractivity contribution in [3.63, 3.8) is 0 Å². The van der Waals surface area contributed by atoms with E-state index in [0.29, 0.717) is 18.3 Å². The van der Waals surface area contributed by atoms with Crippen LogP contribution in [-0.2, 0) is 11.3 Å². The van der Waals surface area contributed by atoms with E-state index >= 15 is 0 Å². The summed E-state index contributed by atoms with van der Waals surface area (Å²) in [6, 6.07) is 14.8. The number of hydrogen-bond donors (Lipinski definition) is 2. The van der Waals surface area contributed by atoms with Crippen molar-refractivity contribution in [1.82, 2.24) is 4.90 Å². The fourth-order valence-electron chi connectivity index (χ4n) is 2.05. The second-order valence-corrected chi connectivity index (χ2v) is 5.78. The number of aliphatic imine (C=N–C) groups is 1. The SMILES string of the molecule is COc1ccc(NC(N)=NCc2cccc(OCC(=O)N(C)C)c2)cc1.I. The van der Waals surface area contributed by atoms with E-state index in [9.17, 15) is 4.79 Å². The predicted molar refractivity (Wildman–Crippen MR) is 118 cm³/mol. The maximum absolute atomic E-state index is 11.6. The highest BCUT2D eigenvalue weighted by Crippen LogP contribution is 2.16. The number of hydrogen-bond acceptors (Lipinski definition) is 4. The Kier molecular flexibility index (Phi) is 9.41. The number of likely N-dealkylation sites (N-methyl/N-ethyl adjacent to an activating group) is 1. The first kappa shape index (κ1) is 22.6. The number of benzene rings is 2. The number of nitrogens with one attached hydrogen (secondary N) is 1. The van der Waals surface area contributed by atoms with Gasteiger partial charge >= 0.3 is 0 Å². The molecule has 7 nitrogen and oxygen atoms in total. The van der Waals surface area contributed by atoms with Crippen molar-refractivity contribution in [1.29, 1.82) is 0 Å². The lowest BCUT2D eigenvalue weighted by Gasteiger charge is -2.11. The second kappa shape index (κ2) is 11.3. The molecule has 2 rings (SSSR count). The summed E-state index contributed by atoms with van der Waals surface area (Å²) < 4.78 is 10.6. The standard InChI is InChI=1S/C19H24N4O3.HI/c1-23(2)18(24)13-26-17-6-4-5-14(11-17)12-21-19(20)22-15-7-9-16(25-3)10-8-15;/h4-11H,12-13H2,1-3H3,(H3,20,21,22);1H. The minimum atomic E-state index is -0.0960. The van der Waals surface area contributed by atoms with Gasteiger partial charge in [-0.1, -0.05) is 12.1 Å². The van der Waals surface area contributed by atoms with Crippen LogP contribution < -0.4 is 20.5 Å². The summed E-state index contributed by atoms with van der Waals surface area (Å²) in [5.74, 6) is 1.61. The minimum absolute atomic E-state index is 0. The number of guanidine groups is 1. The maximum Gasteiger partial charge on any atom is 0.259 e. The van der Waals surface area contributed by atoms with Gasteiger partial charge in [0.2, 0.25) is 0 Å². The molecule has 146 valence electrons. The zero-order valence-electron chi connectivity index (χ0n) is 15.6. The van der Waals surface area contributed by atoms with Crippen LogP contribution in [-0.4, -0.2) is 44.6 Å². The van der Waals surface area contributed by atoms with Gasteiger partial charge in [0.15, 0.2) is 12.6 Å². The Morgan fingerprint density at radius 3 is 2.48 bits per heavy atom. The van der Waals surface area contributed by atoms with Gasteiger partial charge in [-0.05, 0) is 42.0 Å². The summed E-state index contributed by atoms with van der Waals surface area (Å²) in [6.07, 6.45) is 0. The molecular formula is C19H25IN4O3. The van der Waals surface area contributed by atoms with Gasteiger partial charge in [0.1, 0.15) is 11.5 Å². The van der Waals surface area contributed by atoms with Gasteiger partial charge in [0.05, 0.1) is 13.7 Å². The van der Waals surface area contributed by atoms with Crippen molar-refractivity contribution in [2.75, 3.05) is 33.1 Å². The molecule has 3 N–H and O–H groups in total. The van der Waals surface area contributed by atoms with Crippen LogP contribution in [0, 0.1) is 0 Å². The van der Waals surface area contributed by atoms with Crippen LogP contribution in [0.5, 0.6) is 11.5 Å². The van der Waals surface area contributed by atoms with Crippen molar-refractivity contribution in [3.8, 4) is 11.5 Å². The molecule has 0 fully saturated rings. The predicted octanol–water partition coefficient (Wildman–Crippen LogP) is 2.71. The lowest BCUT2D eigenvalue weighted by atomic mass is 10.2. The highest BCUT2D eigenvalue weighted by Gasteiger charge is 2.05. The first-order valence-electron chi connectivity index (χ1n) is 8.11. The van der Waals surface area contributed by atoms with Crippen LogP contribution in [0.25, 0.3) is 0 Å². The zero-order chi connectivity index (χ0) is 18.9. The lowest BCUT2D eigenvalue weighted by molar-refractivity contribution is -0.130. The van der Waals surface area contributed by atoms with E-state index in [2.05, 4.69) is 10.3 Å². The van der Waals surface area contributed by atoms with E-state index in [4.69, 9.17) is 15.2 Å². The molecule has 0 aliphatic heterocycles. The third kappa shape index (κ3) is 7.73. The lowest BCUT2D eigenvalue weighted by Crippen LogP contribution is -2.27. The Hall–Kier alpha value is -2.49. The quantitative estimate of drug-likeness (QED) is 0.359. The Morgan fingerprint density at radius 1 is 1.15 bits per heavy atom. The number of nitrogens with two attached hydrogens (primary N) is 1. The zero-order valence-corrected chi connectivity index (χ0v) is 18.0. The van der Waals surface area contributed by atoms with Gasteiger partial charge in [0.25, 0.3) is 5.91 Å². The summed E-state index contributed by atoms with van der Waals surface area (Å²) in [5, 5.41) is 3.02. The van der Waals surface area contributed by atoms with Gasteiger partial charge in [-0.25, -0.2) is 4.99 Å². The molecular weight excluding hydrogens is 459 g/mol. The van der Waals surface area contributed by atoms with E-state index < -0.39 is 0 Å². The van der Waals surface area contributed by atoms with Crippen LogP contribution in [0.1, 0.15) is 5.56 Å². The fourth-order valence-corrected chi connectivity index (χ4v) is 2.05. The molecule has 0 bridgehead atoms. The molecule has 0 spiro atoms. The van der Waals surface area contributed by atoms with Crippen molar-refractivity contribution in [2.24, 2.45) is 10.7 Å². The number of halogens is 1. The van der Waals surface area contributed by atoms with Crippen molar-refractivity contribution >= 4 is 41.5 Å². The van der Waals surface area contributed by atoms with Crippen molar-refractivity contribution in [2.45, 2.75) is 6.54 Å². The van der Waals surface area contributed by atoms with Gasteiger partial charge in [-0.15, -0.1) is 24.0 Å². The average Bonchev–Trinajstić information content (AvgIpc) is 2.65. The van der Waals surface area contributed by atoms with Gasteiger partial charge < -0.3 is 25.4 Å². The molecule has 2 aromatic carbocycles.